The van der Waals surface area contributed by atoms with Crippen LogP contribution >= 0.6 is 22.7 Å². The summed E-state index contributed by atoms with van der Waals surface area (Å²) in [6.07, 6.45) is 3.92. The summed E-state index contributed by atoms with van der Waals surface area (Å²) in [6.45, 7) is 0. The van der Waals surface area contributed by atoms with Crippen molar-refractivity contribution in [3.63, 3.8) is 0 Å². The Balaban J connectivity index is 1.56. The third-order valence-electron chi connectivity index (χ3n) is 5.62. The van der Waals surface area contributed by atoms with E-state index in [2.05, 4.69) is 6.07 Å². The van der Waals surface area contributed by atoms with Gasteiger partial charge >= 0.3 is 0 Å². The van der Waals surface area contributed by atoms with Crippen molar-refractivity contribution in [1.29, 1.82) is 0 Å². The molecule has 0 aliphatic rings. The highest BCUT2D eigenvalue weighted by molar-refractivity contribution is 7.20. The number of nitrogens with zero attached hydrogens (tertiary/aromatic N) is 3. The van der Waals surface area contributed by atoms with Crippen LogP contribution in [-0.4, -0.2) is 20.5 Å². The Bertz CT molecular complexity index is 1610. The van der Waals surface area contributed by atoms with Gasteiger partial charge in [-0.2, -0.15) is 5.10 Å². The Hall–Kier alpha value is -4.13. The Morgan fingerprint density at radius 1 is 0.829 bits per heavy atom. The van der Waals surface area contributed by atoms with Gasteiger partial charge in [-0.05, 0) is 41.8 Å². The van der Waals surface area contributed by atoms with Crippen LogP contribution in [-0.2, 0) is 0 Å². The predicted octanol–water partition coefficient (Wildman–Crippen LogP) is 7.63. The molecule has 0 saturated heterocycles. The lowest BCUT2D eigenvalue weighted by Crippen LogP contribution is -2.02. The van der Waals surface area contributed by atoms with Gasteiger partial charge in [0.2, 0.25) is 0 Å². The summed E-state index contributed by atoms with van der Waals surface area (Å²) >= 11 is 3.16. The Kier molecular flexibility index (Phi) is 5.66. The number of para-hydroxylation sites is 2. The second-order valence-electron chi connectivity index (χ2n) is 7.93. The third kappa shape index (κ3) is 4.25. The van der Waals surface area contributed by atoms with Crippen LogP contribution in [0.2, 0.25) is 0 Å². The molecular formula is C29H19N3OS2. The number of fused-ring (bicyclic) bond motifs is 1. The van der Waals surface area contributed by atoms with Gasteiger partial charge in [-0.1, -0.05) is 66.7 Å². The van der Waals surface area contributed by atoms with Gasteiger partial charge in [0.1, 0.15) is 10.7 Å². The van der Waals surface area contributed by atoms with Crippen LogP contribution in [0.25, 0.3) is 38.1 Å². The molecular weight excluding hydrogens is 470 g/mol. The Morgan fingerprint density at radius 3 is 2.31 bits per heavy atom. The number of rotatable bonds is 6. The van der Waals surface area contributed by atoms with Crippen molar-refractivity contribution < 1.29 is 4.79 Å². The molecule has 3 aromatic carbocycles. The van der Waals surface area contributed by atoms with Crippen molar-refractivity contribution >= 4 is 50.3 Å². The van der Waals surface area contributed by atoms with Crippen molar-refractivity contribution in [3.05, 3.63) is 125 Å². The first-order chi connectivity index (χ1) is 17.3. The molecule has 0 atom stereocenters. The topological polar surface area (TPSA) is 47.8 Å². The third-order valence-corrected chi connectivity index (χ3v) is 7.57. The molecule has 0 spiro atoms. The smallest absolute Gasteiger partial charge is 0.196 e. The molecule has 35 heavy (non-hydrogen) atoms. The molecule has 0 saturated carbocycles. The standard InChI is InChI=1S/C29H19N3OS2/c33-28(20-10-3-1-4-11-20)23(29-30-24-14-7-8-15-25(24)35-29)18-21-19-32(22-12-5-2-6-13-22)31-27(21)26-16-9-17-34-26/h1-19H/b23-18-. The lowest BCUT2D eigenvalue weighted by atomic mass is 10.0. The van der Waals surface area contributed by atoms with E-state index in [4.69, 9.17) is 10.1 Å². The number of thiophene rings is 1. The highest BCUT2D eigenvalue weighted by atomic mass is 32.1. The zero-order valence-electron chi connectivity index (χ0n) is 18.5. The van der Waals surface area contributed by atoms with Gasteiger partial charge in [0.05, 0.1) is 26.4 Å². The first kappa shape index (κ1) is 21.4. The molecule has 0 unspecified atom stereocenters. The van der Waals surface area contributed by atoms with E-state index in [1.165, 1.54) is 11.3 Å². The number of carbonyl (C=O) groups is 1. The molecule has 0 aliphatic heterocycles. The summed E-state index contributed by atoms with van der Waals surface area (Å²) in [6, 6.07) is 31.4. The predicted molar refractivity (Wildman–Crippen MR) is 145 cm³/mol. The zero-order valence-corrected chi connectivity index (χ0v) is 20.2. The summed E-state index contributed by atoms with van der Waals surface area (Å²) in [5.41, 5.74) is 4.74. The molecule has 0 fully saturated rings. The van der Waals surface area contributed by atoms with E-state index in [1.54, 1.807) is 11.3 Å². The average Bonchev–Trinajstić information content (AvgIpc) is 3.67. The first-order valence-electron chi connectivity index (χ1n) is 11.1. The number of thiazole rings is 1. The van der Waals surface area contributed by atoms with E-state index in [9.17, 15) is 4.79 Å². The number of hydrogen-bond donors (Lipinski definition) is 0. The van der Waals surface area contributed by atoms with Crippen molar-refractivity contribution in [2.75, 3.05) is 0 Å². The number of hydrogen-bond acceptors (Lipinski definition) is 5. The zero-order chi connectivity index (χ0) is 23.6. The second-order valence-corrected chi connectivity index (χ2v) is 9.91. The van der Waals surface area contributed by atoms with E-state index in [0.29, 0.717) is 16.1 Å². The van der Waals surface area contributed by atoms with E-state index in [-0.39, 0.29) is 5.78 Å². The fraction of sp³-hybridized carbons (Fsp3) is 0. The molecule has 0 amide bonds. The van der Waals surface area contributed by atoms with Gasteiger partial charge in [-0.15, -0.1) is 22.7 Å². The monoisotopic (exact) mass is 489 g/mol. The molecule has 6 rings (SSSR count). The van der Waals surface area contributed by atoms with Crippen LogP contribution in [0.4, 0.5) is 0 Å². The summed E-state index contributed by atoms with van der Waals surface area (Å²) < 4.78 is 2.91. The maximum absolute atomic E-state index is 13.8. The fourth-order valence-corrected chi connectivity index (χ4v) is 5.63. The number of ketones is 1. The van der Waals surface area contributed by atoms with E-state index in [0.717, 1.165) is 32.0 Å². The summed E-state index contributed by atoms with van der Waals surface area (Å²) in [5.74, 6) is -0.0609. The van der Waals surface area contributed by atoms with Crippen LogP contribution in [0.15, 0.2) is 109 Å². The van der Waals surface area contributed by atoms with Crippen LogP contribution in [0.1, 0.15) is 20.9 Å². The molecule has 168 valence electrons. The molecule has 6 aromatic rings. The van der Waals surface area contributed by atoms with E-state index >= 15 is 0 Å². The Morgan fingerprint density at radius 2 is 1.57 bits per heavy atom. The van der Waals surface area contributed by atoms with Gasteiger partial charge in [-0.25, -0.2) is 9.67 Å². The SMILES string of the molecule is O=C(/C(=C/c1cn(-c2ccccc2)nc1-c1cccs1)c1nc2ccccc2s1)c1ccccc1. The van der Waals surface area contributed by atoms with Crippen LogP contribution < -0.4 is 0 Å². The average molecular weight is 490 g/mol. The Labute approximate surface area is 210 Å². The first-order valence-corrected chi connectivity index (χ1v) is 12.8. The molecule has 0 N–H and O–H groups in total. The van der Waals surface area contributed by atoms with Crippen molar-refractivity contribution in [2.24, 2.45) is 0 Å². The molecule has 3 aromatic heterocycles. The molecule has 6 heteroatoms. The van der Waals surface area contributed by atoms with Gasteiger partial charge in [0, 0.05) is 17.3 Å². The number of aromatic nitrogens is 3. The summed E-state index contributed by atoms with van der Waals surface area (Å²) in [5, 5.41) is 7.63. The van der Waals surface area contributed by atoms with Gasteiger partial charge in [0.25, 0.3) is 0 Å². The lowest BCUT2D eigenvalue weighted by Gasteiger charge is -2.04. The minimum atomic E-state index is -0.0609. The summed E-state index contributed by atoms with van der Waals surface area (Å²) in [7, 11) is 0. The quantitative estimate of drug-likeness (QED) is 0.178. The number of benzene rings is 3. The lowest BCUT2D eigenvalue weighted by molar-refractivity contribution is 0.105. The normalized spacial score (nSPS) is 11.7. The minimum Gasteiger partial charge on any atom is -0.288 e. The van der Waals surface area contributed by atoms with Crippen molar-refractivity contribution in [3.8, 4) is 16.3 Å². The number of Topliss-reactive ketones (excluding diaryl/α,β-unsaturated/α-hetero) is 1. The number of allylic oxidation sites excluding steroid dienone is 1. The van der Waals surface area contributed by atoms with Gasteiger partial charge < -0.3 is 0 Å². The second kappa shape index (κ2) is 9.25. The summed E-state index contributed by atoms with van der Waals surface area (Å²) in [4.78, 5) is 19.6. The highest BCUT2D eigenvalue weighted by Crippen LogP contribution is 2.34. The van der Waals surface area contributed by atoms with Gasteiger partial charge in [-0.3, -0.25) is 4.79 Å². The van der Waals surface area contributed by atoms with E-state index < -0.39 is 0 Å². The van der Waals surface area contributed by atoms with Crippen LogP contribution in [0.3, 0.4) is 0 Å². The van der Waals surface area contributed by atoms with Gasteiger partial charge in [0.15, 0.2) is 5.78 Å². The van der Waals surface area contributed by atoms with Crippen molar-refractivity contribution in [2.45, 2.75) is 0 Å². The maximum Gasteiger partial charge on any atom is 0.196 e. The molecule has 0 aliphatic carbocycles. The van der Waals surface area contributed by atoms with Crippen LogP contribution in [0, 0.1) is 0 Å². The largest absolute Gasteiger partial charge is 0.288 e. The number of carbonyl (C=O) groups excluding carboxylic acids is 1. The molecule has 0 bridgehead atoms. The maximum atomic E-state index is 13.8. The minimum absolute atomic E-state index is 0.0609. The highest BCUT2D eigenvalue weighted by Gasteiger charge is 2.21. The van der Waals surface area contributed by atoms with E-state index in [1.807, 2.05) is 113 Å². The van der Waals surface area contributed by atoms with Crippen molar-refractivity contribution in [1.82, 2.24) is 14.8 Å². The molecule has 0 radical (unpaired) electrons. The fourth-order valence-electron chi connectivity index (χ4n) is 3.92. The van der Waals surface area contributed by atoms with Crippen LogP contribution in [0.5, 0.6) is 0 Å². The molecule has 4 nitrogen and oxygen atoms in total. The molecule has 3 heterocycles.